The molecule has 21 heavy (non-hydrogen) atoms. The summed E-state index contributed by atoms with van der Waals surface area (Å²) in [6, 6.07) is 17.3. The topological polar surface area (TPSA) is 52.9 Å². The van der Waals surface area contributed by atoms with Gasteiger partial charge in [0.1, 0.15) is 0 Å². The number of nitrogens with one attached hydrogen (secondary N) is 1. The molecule has 0 spiro atoms. The molecule has 0 bridgehead atoms. The maximum Gasteiger partial charge on any atom is 0.220 e. The Morgan fingerprint density at radius 2 is 1.90 bits per heavy atom. The molecular weight excluding hydrogens is 328 g/mol. The number of nitrogens with zero attached hydrogens (tertiary/aromatic N) is 1. The molecule has 2 aromatic rings. The maximum atomic E-state index is 11.8. The molecule has 106 valence electrons. The third kappa shape index (κ3) is 5.05. The molecule has 0 fully saturated rings. The fourth-order valence-corrected chi connectivity index (χ4v) is 2.38. The smallest absolute Gasteiger partial charge is 0.220 e. The van der Waals surface area contributed by atoms with E-state index in [1.807, 2.05) is 36.4 Å². The van der Waals surface area contributed by atoms with Crippen LogP contribution >= 0.6 is 15.9 Å². The minimum Gasteiger partial charge on any atom is -0.352 e. The predicted octanol–water partition coefficient (Wildman–Crippen LogP) is 3.57. The van der Waals surface area contributed by atoms with Crippen LogP contribution < -0.4 is 5.32 Å². The van der Waals surface area contributed by atoms with Crippen molar-refractivity contribution >= 4 is 21.8 Å². The van der Waals surface area contributed by atoms with Crippen molar-refractivity contribution in [1.82, 2.24) is 5.32 Å². The van der Waals surface area contributed by atoms with E-state index in [1.54, 1.807) is 12.1 Å². The van der Waals surface area contributed by atoms with Gasteiger partial charge in [-0.05, 0) is 41.8 Å². The van der Waals surface area contributed by atoms with Crippen molar-refractivity contribution < 1.29 is 4.79 Å². The summed E-state index contributed by atoms with van der Waals surface area (Å²) in [6.45, 7) is 0.489. The van der Waals surface area contributed by atoms with Gasteiger partial charge in [0.25, 0.3) is 0 Å². The molecule has 0 aliphatic heterocycles. The second-order valence-corrected chi connectivity index (χ2v) is 5.63. The number of nitriles is 1. The Morgan fingerprint density at radius 3 is 2.57 bits per heavy atom. The molecule has 0 aliphatic rings. The van der Waals surface area contributed by atoms with E-state index in [1.165, 1.54) is 0 Å². The summed E-state index contributed by atoms with van der Waals surface area (Å²) in [4.78, 5) is 11.8. The van der Waals surface area contributed by atoms with Crippen LogP contribution in [-0.4, -0.2) is 5.91 Å². The molecule has 0 aliphatic carbocycles. The van der Waals surface area contributed by atoms with Gasteiger partial charge in [-0.15, -0.1) is 0 Å². The largest absolute Gasteiger partial charge is 0.352 e. The average molecular weight is 343 g/mol. The predicted molar refractivity (Wildman–Crippen MR) is 85.5 cm³/mol. The van der Waals surface area contributed by atoms with Crippen LogP contribution in [0.25, 0.3) is 0 Å². The van der Waals surface area contributed by atoms with Gasteiger partial charge in [-0.2, -0.15) is 5.26 Å². The number of rotatable bonds is 5. The Kier molecular flexibility index (Phi) is 5.53. The highest BCUT2D eigenvalue weighted by atomic mass is 79.9. The second kappa shape index (κ2) is 7.61. The van der Waals surface area contributed by atoms with Crippen LogP contribution in [0.5, 0.6) is 0 Å². The van der Waals surface area contributed by atoms with Gasteiger partial charge in [0.2, 0.25) is 5.91 Å². The number of carbonyl (C=O) groups excluding carboxylic acids is 1. The van der Waals surface area contributed by atoms with Crippen molar-refractivity contribution in [2.45, 2.75) is 19.4 Å². The molecule has 0 radical (unpaired) electrons. The molecule has 0 heterocycles. The van der Waals surface area contributed by atoms with E-state index in [-0.39, 0.29) is 5.91 Å². The zero-order valence-electron chi connectivity index (χ0n) is 11.5. The van der Waals surface area contributed by atoms with Crippen LogP contribution in [0.1, 0.15) is 23.1 Å². The summed E-state index contributed by atoms with van der Waals surface area (Å²) < 4.78 is 1.03. The summed E-state index contributed by atoms with van der Waals surface area (Å²) >= 11 is 3.42. The van der Waals surface area contributed by atoms with Crippen molar-refractivity contribution in [2.24, 2.45) is 0 Å². The average Bonchev–Trinajstić information content (AvgIpc) is 2.51. The number of aryl methyl sites for hydroxylation is 1. The van der Waals surface area contributed by atoms with Crippen molar-refractivity contribution in [3.05, 3.63) is 69.7 Å². The molecule has 0 aromatic heterocycles. The minimum atomic E-state index is 0.0272. The van der Waals surface area contributed by atoms with Crippen molar-refractivity contribution in [3.8, 4) is 6.07 Å². The molecule has 4 heteroatoms. The summed E-state index contributed by atoms with van der Waals surface area (Å²) in [5.41, 5.74) is 2.75. The highest BCUT2D eigenvalue weighted by Crippen LogP contribution is 2.13. The van der Waals surface area contributed by atoms with Gasteiger partial charge in [-0.1, -0.05) is 40.2 Å². The monoisotopic (exact) mass is 342 g/mol. The van der Waals surface area contributed by atoms with Crippen molar-refractivity contribution in [2.75, 3.05) is 0 Å². The van der Waals surface area contributed by atoms with E-state index < -0.39 is 0 Å². The highest BCUT2D eigenvalue weighted by molar-refractivity contribution is 9.10. The molecule has 0 saturated carbocycles. The maximum absolute atomic E-state index is 11.8. The van der Waals surface area contributed by atoms with Crippen LogP contribution in [0.15, 0.2) is 53.0 Å². The Labute approximate surface area is 132 Å². The summed E-state index contributed by atoms with van der Waals surface area (Å²) in [7, 11) is 0. The SMILES string of the molecule is N#Cc1ccc(CNC(=O)CCc2cccc(Br)c2)cc1. The third-order valence-corrected chi connectivity index (χ3v) is 3.60. The molecule has 0 saturated heterocycles. The van der Waals surface area contributed by atoms with Gasteiger partial charge in [0.05, 0.1) is 11.6 Å². The number of halogens is 1. The summed E-state index contributed by atoms with van der Waals surface area (Å²) in [6.07, 6.45) is 1.19. The third-order valence-electron chi connectivity index (χ3n) is 3.10. The van der Waals surface area contributed by atoms with Crippen LogP contribution in [0, 0.1) is 11.3 Å². The van der Waals surface area contributed by atoms with E-state index in [2.05, 4.69) is 27.3 Å². The number of carbonyl (C=O) groups is 1. The van der Waals surface area contributed by atoms with Gasteiger partial charge in [0.15, 0.2) is 0 Å². The van der Waals surface area contributed by atoms with E-state index >= 15 is 0 Å². The standard InChI is InChI=1S/C17H15BrN2O/c18-16-3-1-2-13(10-16)8-9-17(21)20-12-15-6-4-14(11-19)5-7-15/h1-7,10H,8-9,12H2,(H,20,21). The zero-order valence-corrected chi connectivity index (χ0v) is 13.1. The number of hydrogen-bond acceptors (Lipinski definition) is 2. The second-order valence-electron chi connectivity index (χ2n) is 4.72. The molecule has 1 N–H and O–H groups in total. The Hall–Kier alpha value is -2.12. The molecular formula is C17H15BrN2O. The van der Waals surface area contributed by atoms with E-state index in [4.69, 9.17) is 5.26 Å². The van der Waals surface area contributed by atoms with Gasteiger partial charge >= 0.3 is 0 Å². The first-order valence-electron chi connectivity index (χ1n) is 6.67. The molecule has 2 aromatic carbocycles. The summed E-state index contributed by atoms with van der Waals surface area (Å²) in [5, 5.41) is 11.6. The Bertz CT molecular complexity index is 659. The van der Waals surface area contributed by atoms with E-state index in [0.29, 0.717) is 18.5 Å². The molecule has 2 rings (SSSR count). The fraction of sp³-hybridized carbons (Fsp3) is 0.176. The number of benzene rings is 2. The van der Waals surface area contributed by atoms with E-state index in [9.17, 15) is 4.79 Å². The number of hydrogen-bond donors (Lipinski definition) is 1. The van der Waals surface area contributed by atoms with E-state index in [0.717, 1.165) is 22.0 Å². The van der Waals surface area contributed by atoms with Crippen LogP contribution in [-0.2, 0) is 17.8 Å². The first-order valence-corrected chi connectivity index (χ1v) is 7.47. The quantitative estimate of drug-likeness (QED) is 0.902. The molecule has 1 amide bonds. The number of amides is 1. The first-order chi connectivity index (χ1) is 10.2. The minimum absolute atomic E-state index is 0.0272. The van der Waals surface area contributed by atoms with Crippen LogP contribution in [0.3, 0.4) is 0 Å². The molecule has 0 atom stereocenters. The normalized spacial score (nSPS) is 9.90. The lowest BCUT2D eigenvalue weighted by Gasteiger charge is -2.06. The highest BCUT2D eigenvalue weighted by Gasteiger charge is 2.03. The summed E-state index contributed by atoms with van der Waals surface area (Å²) in [5.74, 6) is 0.0272. The zero-order chi connectivity index (χ0) is 15.1. The van der Waals surface area contributed by atoms with Gasteiger partial charge in [-0.3, -0.25) is 4.79 Å². The molecule has 0 unspecified atom stereocenters. The van der Waals surface area contributed by atoms with Crippen molar-refractivity contribution in [3.63, 3.8) is 0 Å². The Morgan fingerprint density at radius 1 is 1.14 bits per heavy atom. The fourth-order valence-electron chi connectivity index (χ4n) is 1.94. The molecule has 3 nitrogen and oxygen atoms in total. The Balaban J connectivity index is 1.78. The lowest BCUT2D eigenvalue weighted by atomic mass is 10.1. The van der Waals surface area contributed by atoms with Gasteiger partial charge in [-0.25, -0.2) is 0 Å². The van der Waals surface area contributed by atoms with Gasteiger partial charge in [0, 0.05) is 17.4 Å². The van der Waals surface area contributed by atoms with Crippen LogP contribution in [0.2, 0.25) is 0 Å². The lowest BCUT2D eigenvalue weighted by Crippen LogP contribution is -2.22. The lowest BCUT2D eigenvalue weighted by molar-refractivity contribution is -0.121. The first kappa shape index (κ1) is 15.3. The van der Waals surface area contributed by atoms with Crippen molar-refractivity contribution in [1.29, 1.82) is 5.26 Å². The van der Waals surface area contributed by atoms with Gasteiger partial charge < -0.3 is 5.32 Å². The van der Waals surface area contributed by atoms with Crippen LogP contribution in [0.4, 0.5) is 0 Å².